The van der Waals surface area contributed by atoms with Crippen LogP contribution in [0.5, 0.6) is 5.75 Å². The van der Waals surface area contributed by atoms with Crippen LogP contribution < -0.4 is 14.5 Å². The van der Waals surface area contributed by atoms with Gasteiger partial charge in [-0.1, -0.05) is 30.3 Å². The minimum Gasteiger partial charge on any atom is -0.495 e. The molecule has 0 N–H and O–H groups in total. The van der Waals surface area contributed by atoms with Gasteiger partial charge in [-0.25, -0.2) is 4.99 Å². The predicted octanol–water partition coefficient (Wildman–Crippen LogP) is 5.96. The Labute approximate surface area is 231 Å². The fraction of sp³-hybridized carbons (Fsp3) is 0.333. The van der Waals surface area contributed by atoms with Gasteiger partial charge in [0.1, 0.15) is 5.75 Å². The summed E-state index contributed by atoms with van der Waals surface area (Å²) in [6.07, 6.45) is -4.65. The lowest BCUT2D eigenvalue weighted by atomic mass is 9.97. The highest BCUT2D eigenvalue weighted by molar-refractivity contribution is 6.02. The van der Waals surface area contributed by atoms with Crippen molar-refractivity contribution in [1.29, 1.82) is 0 Å². The quantitative estimate of drug-likeness (QED) is 0.365. The van der Waals surface area contributed by atoms with E-state index in [1.54, 1.807) is 4.90 Å². The molecule has 0 spiro atoms. The van der Waals surface area contributed by atoms with Crippen LogP contribution in [0.25, 0.3) is 0 Å². The number of anilines is 2. The van der Waals surface area contributed by atoms with Gasteiger partial charge in [0, 0.05) is 37.4 Å². The van der Waals surface area contributed by atoms with E-state index in [4.69, 9.17) is 14.5 Å². The Hall–Kier alpha value is -4.21. The third-order valence-corrected chi connectivity index (χ3v) is 7.33. The van der Waals surface area contributed by atoms with Gasteiger partial charge in [-0.05, 0) is 48.9 Å². The number of carbonyl (C=O) groups excluding carboxylic acids is 1. The molecule has 1 fully saturated rings. The number of alkyl halides is 3. The SMILES string of the molecule is COC(=O)CC1c2ccccc2N=C(N2CCN(c3cccc(C)c3)CC2)N1c1cc(C(F)(F)F)ccc1OC. The van der Waals surface area contributed by atoms with Crippen LogP contribution >= 0.6 is 0 Å². The van der Waals surface area contributed by atoms with Crippen molar-refractivity contribution in [3.63, 3.8) is 0 Å². The Bertz CT molecular complexity index is 1420. The molecule has 0 bridgehead atoms. The van der Waals surface area contributed by atoms with Crippen LogP contribution in [0, 0.1) is 6.92 Å². The molecule has 40 heavy (non-hydrogen) atoms. The summed E-state index contributed by atoms with van der Waals surface area (Å²) >= 11 is 0. The molecule has 0 saturated carbocycles. The number of fused-ring (bicyclic) bond motifs is 1. The smallest absolute Gasteiger partial charge is 0.416 e. The molecule has 10 heteroatoms. The van der Waals surface area contributed by atoms with Crippen LogP contribution in [0.4, 0.5) is 30.2 Å². The van der Waals surface area contributed by atoms with E-state index in [2.05, 4.69) is 34.9 Å². The largest absolute Gasteiger partial charge is 0.495 e. The molecule has 1 unspecified atom stereocenters. The molecular formula is C30H31F3N4O3. The van der Waals surface area contributed by atoms with E-state index in [-0.39, 0.29) is 17.9 Å². The number of aryl methyl sites for hydroxylation is 1. The zero-order valence-corrected chi connectivity index (χ0v) is 22.6. The first kappa shape index (κ1) is 27.4. The van der Waals surface area contributed by atoms with Crippen LogP contribution in [0.1, 0.15) is 29.2 Å². The van der Waals surface area contributed by atoms with E-state index < -0.39 is 23.8 Å². The van der Waals surface area contributed by atoms with Gasteiger partial charge in [-0.3, -0.25) is 4.79 Å². The molecule has 0 aliphatic carbocycles. The Morgan fingerprint density at radius 2 is 1.68 bits per heavy atom. The third kappa shape index (κ3) is 5.43. The molecule has 5 rings (SSSR count). The molecule has 1 atom stereocenters. The van der Waals surface area contributed by atoms with Crippen molar-refractivity contribution in [1.82, 2.24) is 4.90 Å². The second kappa shape index (κ2) is 11.1. The van der Waals surface area contributed by atoms with Gasteiger partial charge in [-0.15, -0.1) is 0 Å². The van der Waals surface area contributed by atoms with Gasteiger partial charge in [-0.2, -0.15) is 13.2 Å². The molecule has 3 aromatic rings. The number of hydrogen-bond donors (Lipinski definition) is 0. The molecule has 2 aliphatic rings. The Morgan fingerprint density at radius 1 is 0.950 bits per heavy atom. The van der Waals surface area contributed by atoms with Crippen molar-refractivity contribution in [2.75, 3.05) is 50.2 Å². The van der Waals surface area contributed by atoms with Gasteiger partial charge in [0.15, 0.2) is 0 Å². The first-order chi connectivity index (χ1) is 19.2. The number of ether oxygens (including phenoxy) is 2. The summed E-state index contributed by atoms with van der Waals surface area (Å²) < 4.78 is 52.2. The molecule has 1 saturated heterocycles. The van der Waals surface area contributed by atoms with E-state index in [1.807, 2.05) is 30.3 Å². The lowest BCUT2D eigenvalue weighted by Crippen LogP contribution is -2.55. The van der Waals surface area contributed by atoms with Gasteiger partial charge >= 0.3 is 12.1 Å². The average Bonchev–Trinajstić information content (AvgIpc) is 2.96. The monoisotopic (exact) mass is 552 g/mol. The number of guanidine groups is 1. The van der Waals surface area contributed by atoms with E-state index in [9.17, 15) is 18.0 Å². The summed E-state index contributed by atoms with van der Waals surface area (Å²) in [6.45, 7) is 4.60. The number of methoxy groups -OCH3 is 2. The van der Waals surface area contributed by atoms with Crippen molar-refractivity contribution >= 4 is 29.0 Å². The highest BCUT2D eigenvalue weighted by Gasteiger charge is 2.39. The maximum atomic E-state index is 13.9. The predicted molar refractivity (Wildman–Crippen MR) is 148 cm³/mol. The summed E-state index contributed by atoms with van der Waals surface area (Å²) in [5.41, 5.74) is 3.03. The molecule has 2 aliphatic heterocycles. The number of halogens is 3. The van der Waals surface area contributed by atoms with E-state index in [1.165, 1.54) is 25.8 Å². The number of piperazine rings is 1. The minimum absolute atomic E-state index is 0.0881. The molecule has 7 nitrogen and oxygen atoms in total. The van der Waals surface area contributed by atoms with Crippen molar-refractivity contribution in [2.24, 2.45) is 4.99 Å². The Kier molecular flexibility index (Phi) is 7.60. The van der Waals surface area contributed by atoms with Gasteiger partial charge in [0.05, 0.1) is 43.6 Å². The third-order valence-electron chi connectivity index (χ3n) is 7.33. The molecule has 0 radical (unpaired) electrons. The van der Waals surface area contributed by atoms with Crippen molar-refractivity contribution < 1.29 is 27.4 Å². The number of rotatable bonds is 5. The van der Waals surface area contributed by atoms with Crippen LogP contribution in [-0.2, 0) is 15.7 Å². The fourth-order valence-electron chi connectivity index (χ4n) is 5.30. The average molecular weight is 553 g/mol. The second-order valence-electron chi connectivity index (χ2n) is 9.83. The van der Waals surface area contributed by atoms with Crippen LogP contribution in [0.3, 0.4) is 0 Å². The molecule has 0 amide bonds. The first-order valence-corrected chi connectivity index (χ1v) is 13.0. The summed E-state index contributed by atoms with van der Waals surface area (Å²) in [7, 11) is 2.71. The molecule has 2 heterocycles. The van der Waals surface area contributed by atoms with Crippen molar-refractivity contribution in [2.45, 2.75) is 25.6 Å². The lowest BCUT2D eigenvalue weighted by Gasteiger charge is -2.45. The number of hydrogen-bond acceptors (Lipinski definition) is 7. The summed E-state index contributed by atoms with van der Waals surface area (Å²) in [5, 5.41) is 0. The van der Waals surface area contributed by atoms with E-state index in [0.717, 1.165) is 23.4 Å². The normalized spacial score (nSPS) is 17.3. The summed E-state index contributed by atoms with van der Waals surface area (Å²) in [5.74, 6) is 0.226. The number of esters is 1. The topological polar surface area (TPSA) is 57.6 Å². The Morgan fingerprint density at radius 3 is 2.35 bits per heavy atom. The minimum atomic E-state index is -4.57. The zero-order valence-electron chi connectivity index (χ0n) is 22.6. The highest BCUT2D eigenvalue weighted by atomic mass is 19.4. The zero-order chi connectivity index (χ0) is 28.4. The molecular weight excluding hydrogens is 521 g/mol. The molecule has 210 valence electrons. The van der Waals surface area contributed by atoms with Crippen LogP contribution in [-0.4, -0.2) is 57.2 Å². The first-order valence-electron chi connectivity index (χ1n) is 13.0. The molecule has 0 aromatic heterocycles. The van der Waals surface area contributed by atoms with Gasteiger partial charge < -0.3 is 24.2 Å². The van der Waals surface area contributed by atoms with Crippen molar-refractivity contribution in [3.8, 4) is 5.75 Å². The Balaban J connectivity index is 1.60. The second-order valence-corrected chi connectivity index (χ2v) is 9.83. The van der Waals surface area contributed by atoms with Gasteiger partial charge in [0.2, 0.25) is 5.96 Å². The lowest BCUT2D eigenvalue weighted by molar-refractivity contribution is -0.141. The molecule has 3 aromatic carbocycles. The number of para-hydroxylation sites is 1. The van der Waals surface area contributed by atoms with E-state index >= 15 is 0 Å². The van der Waals surface area contributed by atoms with Crippen molar-refractivity contribution in [3.05, 3.63) is 83.4 Å². The van der Waals surface area contributed by atoms with Crippen LogP contribution in [0.15, 0.2) is 71.7 Å². The highest BCUT2D eigenvalue weighted by Crippen LogP contribution is 2.45. The summed E-state index contributed by atoms with van der Waals surface area (Å²) in [4.78, 5) is 23.6. The number of aliphatic imine (C=N–C) groups is 1. The maximum absolute atomic E-state index is 13.9. The van der Waals surface area contributed by atoms with Gasteiger partial charge in [0.25, 0.3) is 0 Å². The summed E-state index contributed by atoms with van der Waals surface area (Å²) in [6, 6.07) is 18.4. The number of carbonyl (C=O) groups is 1. The maximum Gasteiger partial charge on any atom is 0.416 e. The standard InChI is InChI=1S/C30H31F3N4O3/c1-20-7-6-8-22(17-20)35-13-15-36(16-14-35)29-34-24-10-5-4-9-23(24)25(19-28(38)40-3)37(29)26-18-21(30(31,32)33)11-12-27(26)39-2/h4-12,17-18,25H,13-16,19H2,1-3H3. The number of nitrogens with zero attached hydrogens (tertiary/aromatic N) is 4. The van der Waals surface area contributed by atoms with Crippen LogP contribution in [0.2, 0.25) is 0 Å². The fourth-order valence-corrected chi connectivity index (χ4v) is 5.30. The van der Waals surface area contributed by atoms with E-state index in [0.29, 0.717) is 37.8 Å². The number of benzene rings is 3.